The van der Waals surface area contributed by atoms with Gasteiger partial charge in [0, 0.05) is 55.1 Å². The van der Waals surface area contributed by atoms with E-state index in [2.05, 4.69) is 54.6 Å². The first kappa shape index (κ1) is 30.9. The molecule has 2 aromatic carbocycles. The quantitative estimate of drug-likeness (QED) is 0.263. The Morgan fingerprint density at radius 1 is 1.07 bits per heavy atom. The number of carbonyl (C=O) groups is 1. The number of ether oxygens (including phenoxy) is 2. The number of benzene rings is 2. The van der Waals surface area contributed by atoms with Gasteiger partial charge in [-0.2, -0.15) is 0 Å². The fraction of sp³-hybridized carbons (Fsp3) is 0.429. The van der Waals surface area contributed by atoms with Crippen molar-refractivity contribution in [1.29, 1.82) is 0 Å². The van der Waals surface area contributed by atoms with Crippen LogP contribution in [0.25, 0.3) is 5.57 Å². The standard InChI is InChI=1S/C35H43ClN4O3/c1-23(2)30-19-28(21-38-33(30)37)43-32-18-27(10-11-29(32)34(41)42-5)40-16-14-39(15-17-40)22-25-12-13-35(3,4)20-31(25)24-6-8-26(36)9-7-24/h6-11,18-19,21,23H,12-17,20,22H2,1-5H3,(H2,37,38). The van der Waals surface area contributed by atoms with Crippen molar-refractivity contribution in [3.63, 3.8) is 0 Å². The maximum absolute atomic E-state index is 12.6. The lowest BCUT2D eigenvalue weighted by molar-refractivity contribution is 0.0598. The summed E-state index contributed by atoms with van der Waals surface area (Å²) in [5.41, 5.74) is 13.0. The third-order valence-electron chi connectivity index (χ3n) is 8.67. The third-order valence-corrected chi connectivity index (χ3v) is 8.93. The van der Waals surface area contributed by atoms with Gasteiger partial charge in [0.05, 0.1) is 13.3 Å². The van der Waals surface area contributed by atoms with Gasteiger partial charge in [0.15, 0.2) is 0 Å². The van der Waals surface area contributed by atoms with Crippen molar-refractivity contribution in [2.24, 2.45) is 5.41 Å². The van der Waals surface area contributed by atoms with Crippen LogP contribution < -0.4 is 15.4 Å². The topological polar surface area (TPSA) is 80.9 Å². The zero-order valence-electron chi connectivity index (χ0n) is 26.0. The average Bonchev–Trinajstić information content (AvgIpc) is 2.99. The number of nitrogens with two attached hydrogens (primary N) is 1. The van der Waals surface area contributed by atoms with Crippen LogP contribution in [0.4, 0.5) is 11.5 Å². The lowest BCUT2D eigenvalue weighted by atomic mass is 9.72. The highest BCUT2D eigenvalue weighted by Gasteiger charge is 2.29. The van der Waals surface area contributed by atoms with Crippen LogP contribution in [0, 0.1) is 5.41 Å². The van der Waals surface area contributed by atoms with E-state index >= 15 is 0 Å². The number of hydrogen-bond acceptors (Lipinski definition) is 7. The van der Waals surface area contributed by atoms with E-state index in [1.165, 1.54) is 24.7 Å². The SMILES string of the molecule is COC(=O)c1ccc(N2CCN(CC3=C(c4ccc(Cl)cc4)CC(C)(C)CC3)CC2)cc1Oc1cnc(N)c(C(C)C)c1. The molecule has 1 fully saturated rings. The number of hydrogen-bond donors (Lipinski definition) is 1. The molecule has 0 spiro atoms. The highest BCUT2D eigenvalue weighted by atomic mass is 35.5. The molecule has 7 nitrogen and oxygen atoms in total. The largest absolute Gasteiger partial charge is 0.465 e. The number of piperazine rings is 1. The van der Waals surface area contributed by atoms with Crippen molar-refractivity contribution in [3.05, 3.63) is 82.0 Å². The molecule has 0 saturated carbocycles. The number of carbonyl (C=O) groups excluding carboxylic acids is 1. The molecular formula is C35H43ClN4O3. The number of pyridine rings is 1. The van der Waals surface area contributed by atoms with Gasteiger partial charge in [-0.25, -0.2) is 9.78 Å². The molecule has 43 heavy (non-hydrogen) atoms. The van der Waals surface area contributed by atoms with Crippen molar-refractivity contribution in [2.75, 3.05) is 50.5 Å². The van der Waals surface area contributed by atoms with Gasteiger partial charge >= 0.3 is 5.97 Å². The monoisotopic (exact) mass is 602 g/mol. The average molecular weight is 603 g/mol. The third kappa shape index (κ3) is 7.34. The van der Waals surface area contributed by atoms with Crippen molar-refractivity contribution in [3.8, 4) is 11.5 Å². The molecule has 1 aliphatic carbocycles. The Hall–Kier alpha value is -3.55. The van der Waals surface area contributed by atoms with Gasteiger partial charge in [-0.1, -0.05) is 57.0 Å². The summed E-state index contributed by atoms with van der Waals surface area (Å²) in [5.74, 6) is 1.20. The van der Waals surface area contributed by atoms with Gasteiger partial charge in [-0.15, -0.1) is 0 Å². The number of halogens is 1. The van der Waals surface area contributed by atoms with Crippen LogP contribution in [0.1, 0.15) is 74.4 Å². The minimum Gasteiger partial charge on any atom is -0.465 e. The molecule has 0 atom stereocenters. The summed E-state index contributed by atoms with van der Waals surface area (Å²) in [7, 11) is 1.38. The van der Waals surface area contributed by atoms with E-state index in [0.717, 1.165) is 61.8 Å². The van der Waals surface area contributed by atoms with Gasteiger partial charge in [0.1, 0.15) is 22.9 Å². The van der Waals surface area contributed by atoms with Crippen molar-refractivity contribution < 1.29 is 14.3 Å². The Morgan fingerprint density at radius 3 is 2.47 bits per heavy atom. The fourth-order valence-corrected chi connectivity index (χ4v) is 6.21. The number of nitrogen functional groups attached to an aromatic ring is 1. The minimum absolute atomic E-state index is 0.192. The molecule has 2 N–H and O–H groups in total. The van der Waals surface area contributed by atoms with E-state index in [1.54, 1.807) is 17.8 Å². The Bertz CT molecular complexity index is 1490. The number of nitrogens with zero attached hydrogens (tertiary/aromatic N) is 3. The fourth-order valence-electron chi connectivity index (χ4n) is 6.09. The first-order valence-electron chi connectivity index (χ1n) is 15.1. The molecule has 1 saturated heterocycles. The molecule has 0 unspecified atom stereocenters. The molecule has 3 aromatic rings. The molecule has 2 aliphatic rings. The maximum atomic E-state index is 12.6. The predicted molar refractivity (Wildman–Crippen MR) is 175 cm³/mol. The molecule has 0 amide bonds. The second-order valence-electron chi connectivity index (χ2n) is 12.8. The number of aromatic nitrogens is 1. The Kier molecular flexibility index (Phi) is 9.33. The summed E-state index contributed by atoms with van der Waals surface area (Å²) in [6, 6.07) is 15.9. The molecule has 228 valence electrons. The highest BCUT2D eigenvalue weighted by molar-refractivity contribution is 6.30. The predicted octanol–water partition coefficient (Wildman–Crippen LogP) is 7.81. The summed E-state index contributed by atoms with van der Waals surface area (Å²) in [6.07, 6.45) is 5.00. The number of esters is 1. The van der Waals surface area contributed by atoms with E-state index < -0.39 is 5.97 Å². The second-order valence-corrected chi connectivity index (χ2v) is 13.2. The van der Waals surface area contributed by atoms with Gasteiger partial charge in [0.25, 0.3) is 0 Å². The molecule has 5 rings (SSSR count). The lowest BCUT2D eigenvalue weighted by Gasteiger charge is -2.39. The summed E-state index contributed by atoms with van der Waals surface area (Å²) in [5, 5.41) is 0.774. The van der Waals surface area contributed by atoms with Crippen molar-refractivity contribution >= 4 is 34.6 Å². The second kappa shape index (κ2) is 13.0. The highest BCUT2D eigenvalue weighted by Crippen LogP contribution is 2.43. The molecule has 2 heterocycles. The normalized spacial score (nSPS) is 17.3. The molecule has 0 bridgehead atoms. The van der Waals surface area contributed by atoms with Crippen LogP contribution in [0.5, 0.6) is 11.5 Å². The summed E-state index contributed by atoms with van der Waals surface area (Å²) in [4.78, 5) is 21.8. The maximum Gasteiger partial charge on any atom is 0.341 e. The van der Waals surface area contributed by atoms with E-state index in [-0.39, 0.29) is 5.92 Å². The van der Waals surface area contributed by atoms with Gasteiger partial charge in [-0.3, -0.25) is 4.90 Å². The zero-order valence-corrected chi connectivity index (χ0v) is 26.7. The molecule has 1 aromatic heterocycles. The first-order chi connectivity index (χ1) is 20.5. The van der Waals surface area contributed by atoms with Crippen LogP contribution >= 0.6 is 11.6 Å². The molecule has 0 radical (unpaired) electrons. The van der Waals surface area contributed by atoms with Crippen molar-refractivity contribution in [1.82, 2.24) is 9.88 Å². The summed E-state index contributed by atoms with van der Waals surface area (Å²) in [6.45, 7) is 13.5. The smallest absolute Gasteiger partial charge is 0.341 e. The van der Waals surface area contributed by atoms with Crippen molar-refractivity contribution in [2.45, 2.75) is 52.9 Å². The Balaban J connectivity index is 1.32. The van der Waals surface area contributed by atoms with Crippen LogP contribution in [-0.4, -0.2) is 55.7 Å². The van der Waals surface area contributed by atoms with Gasteiger partial charge in [-0.05, 0) is 72.1 Å². The molecular weight excluding hydrogens is 560 g/mol. The Labute approximate surface area is 260 Å². The number of allylic oxidation sites excluding steroid dienone is 1. The summed E-state index contributed by atoms with van der Waals surface area (Å²) >= 11 is 6.20. The van der Waals surface area contributed by atoms with E-state index in [4.69, 9.17) is 26.8 Å². The molecule has 8 heteroatoms. The van der Waals surface area contributed by atoms with E-state index in [0.29, 0.717) is 28.3 Å². The summed E-state index contributed by atoms with van der Waals surface area (Å²) < 4.78 is 11.3. The van der Waals surface area contributed by atoms with Gasteiger partial charge < -0.3 is 20.1 Å². The number of anilines is 2. The number of methoxy groups -OCH3 is 1. The zero-order chi connectivity index (χ0) is 30.7. The number of rotatable bonds is 8. The van der Waals surface area contributed by atoms with E-state index in [9.17, 15) is 4.79 Å². The first-order valence-corrected chi connectivity index (χ1v) is 15.5. The van der Waals surface area contributed by atoms with E-state index in [1.807, 2.05) is 30.3 Å². The minimum atomic E-state index is -0.445. The Morgan fingerprint density at radius 2 is 1.79 bits per heavy atom. The van der Waals surface area contributed by atoms with Crippen LogP contribution in [0.3, 0.4) is 0 Å². The van der Waals surface area contributed by atoms with Crippen LogP contribution in [0.15, 0.2) is 60.3 Å². The van der Waals surface area contributed by atoms with Gasteiger partial charge in [0.2, 0.25) is 0 Å². The van der Waals surface area contributed by atoms with Crippen LogP contribution in [-0.2, 0) is 4.74 Å². The van der Waals surface area contributed by atoms with Crippen LogP contribution in [0.2, 0.25) is 5.02 Å². The molecule has 1 aliphatic heterocycles. The lowest BCUT2D eigenvalue weighted by Crippen LogP contribution is -2.47.